The van der Waals surface area contributed by atoms with E-state index in [-0.39, 0.29) is 17.2 Å². The van der Waals surface area contributed by atoms with Crippen LogP contribution in [-0.4, -0.2) is 16.7 Å². The van der Waals surface area contributed by atoms with Crippen LogP contribution in [0.1, 0.15) is 26.3 Å². The molecule has 8 heteroatoms. The zero-order valence-corrected chi connectivity index (χ0v) is 16.9. The standard InChI is InChI=1S/C21H16BrN3O4/c1-13-10-11-14(12-19(13)25(28)29)23-21(27)16-7-3-5-9-18(16)24-20(26)15-6-2-4-8-17(15)22/h2-12H,1H3,(H,23,27)(H,24,26). The van der Waals surface area contributed by atoms with Crippen LogP contribution in [0.15, 0.2) is 71.2 Å². The van der Waals surface area contributed by atoms with E-state index in [9.17, 15) is 19.7 Å². The largest absolute Gasteiger partial charge is 0.322 e. The van der Waals surface area contributed by atoms with Crippen molar-refractivity contribution in [2.45, 2.75) is 6.92 Å². The van der Waals surface area contributed by atoms with E-state index < -0.39 is 10.8 Å². The van der Waals surface area contributed by atoms with Gasteiger partial charge >= 0.3 is 0 Å². The Labute approximate surface area is 175 Å². The number of hydrogen-bond donors (Lipinski definition) is 2. The van der Waals surface area contributed by atoms with Gasteiger partial charge in [0.05, 0.1) is 21.7 Å². The van der Waals surface area contributed by atoms with E-state index in [1.807, 2.05) is 0 Å². The summed E-state index contributed by atoms with van der Waals surface area (Å²) in [5.74, 6) is -0.866. The minimum absolute atomic E-state index is 0.0849. The molecule has 29 heavy (non-hydrogen) atoms. The van der Waals surface area contributed by atoms with Crippen LogP contribution in [0, 0.1) is 17.0 Å². The molecule has 0 aliphatic carbocycles. The number of para-hydroxylation sites is 1. The summed E-state index contributed by atoms with van der Waals surface area (Å²) >= 11 is 3.33. The molecule has 0 heterocycles. The van der Waals surface area contributed by atoms with E-state index in [2.05, 4.69) is 26.6 Å². The maximum absolute atomic E-state index is 12.7. The van der Waals surface area contributed by atoms with Gasteiger partial charge in [0.15, 0.2) is 0 Å². The van der Waals surface area contributed by atoms with Gasteiger partial charge in [0.2, 0.25) is 0 Å². The maximum Gasteiger partial charge on any atom is 0.274 e. The van der Waals surface area contributed by atoms with E-state index >= 15 is 0 Å². The molecule has 3 aromatic rings. The van der Waals surface area contributed by atoms with Crippen LogP contribution < -0.4 is 10.6 Å². The first kappa shape index (κ1) is 20.2. The molecule has 7 nitrogen and oxygen atoms in total. The first-order valence-corrected chi connectivity index (χ1v) is 9.37. The van der Waals surface area contributed by atoms with Crippen molar-refractivity contribution in [2.24, 2.45) is 0 Å². The summed E-state index contributed by atoms with van der Waals surface area (Å²) in [6.45, 7) is 1.62. The van der Waals surface area contributed by atoms with Crippen molar-refractivity contribution < 1.29 is 14.5 Å². The van der Waals surface area contributed by atoms with Gasteiger partial charge in [-0.15, -0.1) is 0 Å². The number of rotatable bonds is 5. The number of nitro groups is 1. The summed E-state index contributed by atoms with van der Waals surface area (Å²) in [6, 6.07) is 17.9. The second-order valence-electron chi connectivity index (χ2n) is 6.19. The van der Waals surface area contributed by atoms with Crippen LogP contribution in [-0.2, 0) is 0 Å². The third kappa shape index (κ3) is 4.67. The molecular formula is C21H16BrN3O4. The van der Waals surface area contributed by atoms with Crippen LogP contribution in [0.4, 0.5) is 17.1 Å². The Bertz CT molecular complexity index is 1110. The van der Waals surface area contributed by atoms with Gasteiger partial charge in [-0.1, -0.05) is 30.3 Å². The number of benzene rings is 3. The Balaban J connectivity index is 1.84. The predicted octanol–water partition coefficient (Wildman–Crippen LogP) is 5.17. The molecule has 0 aromatic heterocycles. The van der Waals surface area contributed by atoms with Gasteiger partial charge in [-0.2, -0.15) is 0 Å². The molecule has 0 atom stereocenters. The molecule has 0 fully saturated rings. The fourth-order valence-electron chi connectivity index (χ4n) is 2.71. The zero-order chi connectivity index (χ0) is 21.0. The maximum atomic E-state index is 12.7. The van der Waals surface area contributed by atoms with Crippen molar-refractivity contribution in [2.75, 3.05) is 10.6 Å². The average molecular weight is 454 g/mol. The number of halogens is 1. The Morgan fingerprint density at radius 3 is 2.21 bits per heavy atom. The van der Waals surface area contributed by atoms with Gasteiger partial charge in [0, 0.05) is 21.8 Å². The van der Waals surface area contributed by atoms with Gasteiger partial charge in [-0.05, 0) is 53.2 Å². The molecule has 0 bridgehead atoms. The second-order valence-corrected chi connectivity index (χ2v) is 7.05. The topological polar surface area (TPSA) is 101 Å². The number of carbonyl (C=O) groups excluding carboxylic acids is 2. The highest BCUT2D eigenvalue weighted by molar-refractivity contribution is 9.10. The Morgan fingerprint density at radius 1 is 0.897 bits per heavy atom. The number of amides is 2. The minimum Gasteiger partial charge on any atom is -0.322 e. The number of aryl methyl sites for hydroxylation is 1. The average Bonchev–Trinajstić information content (AvgIpc) is 2.69. The fourth-order valence-corrected chi connectivity index (χ4v) is 3.17. The van der Waals surface area contributed by atoms with Crippen molar-refractivity contribution in [3.8, 4) is 0 Å². The minimum atomic E-state index is -0.503. The number of nitrogens with one attached hydrogen (secondary N) is 2. The summed E-state index contributed by atoms with van der Waals surface area (Å²) in [6.07, 6.45) is 0. The molecule has 0 saturated heterocycles. The van der Waals surface area contributed by atoms with E-state index in [0.717, 1.165) is 0 Å². The molecule has 0 radical (unpaired) electrons. The Morgan fingerprint density at radius 2 is 1.52 bits per heavy atom. The second kappa shape index (κ2) is 8.66. The molecule has 0 aliphatic rings. The highest BCUT2D eigenvalue weighted by atomic mass is 79.9. The lowest BCUT2D eigenvalue weighted by Crippen LogP contribution is -2.18. The summed E-state index contributed by atoms with van der Waals surface area (Å²) in [7, 11) is 0. The van der Waals surface area contributed by atoms with Crippen LogP contribution in [0.3, 0.4) is 0 Å². The van der Waals surface area contributed by atoms with Gasteiger partial charge in [0.25, 0.3) is 17.5 Å². The molecule has 146 valence electrons. The van der Waals surface area contributed by atoms with Gasteiger partial charge in [-0.3, -0.25) is 19.7 Å². The zero-order valence-electron chi connectivity index (χ0n) is 15.3. The quantitative estimate of drug-likeness (QED) is 0.410. The third-order valence-electron chi connectivity index (χ3n) is 4.20. The lowest BCUT2D eigenvalue weighted by Gasteiger charge is -2.12. The number of hydrogen-bond acceptors (Lipinski definition) is 4. The van der Waals surface area contributed by atoms with Gasteiger partial charge < -0.3 is 10.6 Å². The molecule has 0 unspecified atom stereocenters. The third-order valence-corrected chi connectivity index (χ3v) is 4.89. The van der Waals surface area contributed by atoms with E-state index in [1.54, 1.807) is 67.6 Å². The summed E-state index contributed by atoms with van der Waals surface area (Å²) in [4.78, 5) is 35.9. The smallest absolute Gasteiger partial charge is 0.274 e. The highest BCUT2D eigenvalue weighted by Crippen LogP contribution is 2.24. The molecule has 3 aromatic carbocycles. The predicted molar refractivity (Wildman–Crippen MR) is 114 cm³/mol. The molecule has 2 N–H and O–H groups in total. The summed E-state index contributed by atoms with van der Waals surface area (Å²) in [5, 5.41) is 16.5. The first-order valence-electron chi connectivity index (χ1n) is 8.58. The SMILES string of the molecule is Cc1ccc(NC(=O)c2ccccc2NC(=O)c2ccccc2Br)cc1[N+](=O)[O-]. The molecular weight excluding hydrogens is 438 g/mol. The van der Waals surface area contributed by atoms with Crippen molar-refractivity contribution in [1.29, 1.82) is 0 Å². The Hall–Kier alpha value is -3.52. The van der Waals surface area contributed by atoms with Crippen molar-refractivity contribution in [1.82, 2.24) is 0 Å². The van der Waals surface area contributed by atoms with Crippen LogP contribution in [0.25, 0.3) is 0 Å². The number of nitrogens with zero attached hydrogens (tertiary/aromatic N) is 1. The number of anilines is 2. The van der Waals surface area contributed by atoms with E-state index in [1.165, 1.54) is 6.07 Å². The van der Waals surface area contributed by atoms with Crippen molar-refractivity contribution in [3.63, 3.8) is 0 Å². The molecule has 0 spiro atoms. The molecule has 0 saturated carbocycles. The lowest BCUT2D eigenvalue weighted by molar-refractivity contribution is -0.385. The van der Waals surface area contributed by atoms with E-state index in [0.29, 0.717) is 27.0 Å². The van der Waals surface area contributed by atoms with E-state index in [4.69, 9.17) is 0 Å². The number of carbonyl (C=O) groups is 2. The number of nitro benzene ring substituents is 1. The first-order chi connectivity index (χ1) is 13.9. The molecule has 0 aliphatic heterocycles. The van der Waals surface area contributed by atoms with Gasteiger partial charge in [0.1, 0.15) is 0 Å². The fraction of sp³-hybridized carbons (Fsp3) is 0.0476. The van der Waals surface area contributed by atoms with Crippen LogP contribution in [0.5, 0.6) is 0 Å². The Kier molecular flexibility index (Phi) is 6.04. The van der Waals surface area contributed by atoms with Crippen LogP contribution in [0.2, 0.25) is 0 Å². The van der Waals surface area contributed by atoms with Crippen molar-refractivity contribution >= 4 is 44.8 Å². The lowest BCUT2D eigenvalue weighted by atomic mass is 10.1. The monoisotopic (exact) mass is 453 g/mol. The summed E-state index contributed by atoms with van der Waals surface area (Å²) < 4.78 is 0.631. The van der Waals surface area contributed by atoms with Crippen LogP contribution >= 0.6 is 15.9 Å². The molecule has 2 amide bonds. The van der Waals surface area contributed by atoms with Gasteiger partial charge in [-0.25, -0.2) is 0 Å². The summed E-state index contributed by atoms with van der Waals surface area (Å²) in [5.41, 5.74) is 1.69. The highest BCUT2D eigenvalue weighted by Gasteiger charge is 2.17. The normalized spacial score (nSPS) is 10.3. The molecule has 3 rings (SSSR count). The van der Waals surface area contributed by atoms with Crippen molar-refractivity contribution in [3.05, 3.63) is 98.0 Å².